The molecular weight excluding hydrogens is 300 g/mol. The lowest BCUT2D eigenvalue weighted by atomic mass is 10.1. The van der Waals surface area contributed by atoms with Crippen molar-refractivity contribution in [3.63, 3.8) is 0 Å². The minimum atomic E-state index is -3.53. The maximum absolute atomic E-state index is 12.3. The predicted octanol–water partition coefficient (Wildman–Crippen LogP) is 2.63. The molecule has 1 amide bonds. The molecule has 2 unspecified atom stereocenters. The first kappa shape index (κ1) is 18.6. The van der Waals surface area contributed by atoms with Gasteiger partial charge < -0.3 is 4.90 Å². The predicted molar refractivity (Wildman–Crippen MR) is 88.4 cm³/mol. The average molecular weight is 326 g/mol. The minimum Gasteiger partial charge on any atom is -0.339 e. The van der Waals surface area contributed by atoms with Gasteiger partial charge in [0.2, 0.25) is 10.0 Å². The first-order valence-electron chi connectivity index (χ1n) is 7.62. The molecule has 0 saturated heterocycles. The molecule has 1 aromatic rings. The maximum Gasteiger partial charge on any atom is 0.253 e. The molecule has 22 heavy (non-hydrogen) atoms. The zero-order valence-corrected chi connectivity index (χ0v) is 14.8. The number of amides is 1. The van der Waals surface area contributed by atoms with Crippen LogP contribution in [0.3, 0.4) is 0 Å². The van der Waals surface area contributed by atoms with E-state index in [0.717, 1.165) is 12.8 Å². The summed E-state index contributed by atoms with van der Waals surface area (Å²) in [5, 5.41) is 0. The van der Waals surface area contributed by atoms with E-state index in [9.17, 15) is 13.2 Å². The van der Waals surface area contributed by atoms with Gasteiger partial charge in [-0.2, -0.15) is 0 Å². The van der Waals surface area contributed by atoms with Crippen LogP contribution in [0.1, 0.15) is 50.9 Å². The zero-order chi connectivity index (χ0) is 16.9. The van der Waals surface area contributed by atoms with Crippen LogP contribution in [-0.4, -0.2) is 38.4 Å². The number of benzene rings is 1. The van der Waals surface area contributed by atoms with Crippen molar-refractivity contribution in [2.24, 2.45) is 0 Å². The summed E-state index contributed by atoms with van der Waals surface area (Å²) in [7, 11) is -1.77. The summed E-state index contributed by atoms with van der Waals surface area (Å²) < 4.78 is 26.9. The fourth-order valence-corrected chi connectivity index (χ4v) is 3.20. The van der Waals surface area contributed by atoms with Crippen LogP contribution in [0.25, 0.3) is 0 Å². The Morgan fingerprint density at radius 3 is 2.14 bits per heavy atom. The molecule has 0 fully saturated rings. The number of sulfonamides is 1. The number of carbonyl (C=O) groups is 1. The van der Waals surface area contributed by atoms with Gasteiger partial charge in [0, 0.05) is 24.7 Å². The summed E-state index contributed by atoms with van der Waals surface area (Å²) in [5.41, 5.74) is 0.491. The summed E-state index contributed by atoms with van der Waals surface area (Å²) in [6.07, 6.45) is 1.59. The lowest BCUT2D eigenvalue weighted by Crippen LogP contribution is -2.34. The number of hydrogen-bond donors (Lipinski definition) is 1. The van der Waals surface area contributed by atoms with Gasteiger partial charge in [-0.25, -0.2) is 13.1 Å². The summed E-state index contributed by atoms with van der Waals surface area (Å²) in [6, 6.07) is 6.09. The van der Waals surface area contributed by atoms with Crippen LogP contribution in [0.4, 0.5) is 0 Å². The van der Waals surface area contributed by atoms with Crippen molar-refractivity contribution in [3.05, 3.63) is 29.8 Å². The highest BCUT2D eigenvalue weighted by molar-refractivity contribution is 7.89. The van der Waals surface area contributed by atoms with E-state index in [0.29, 0.717) is 5.56 Å². The molecule has 124 valence electrons. The Hall–Kier alpha value is -1.40. The van der Waals surface area contributed by atoms with Gasteiger partial charge in [-0.1, -0.05) is 13.8 Å². The van der Waals surface area contributed by atoms with Gasteiger partial charge in [0.1, 0.15) is 0 Å². The van der Waals surface area contributed by atoms with E-state index >= 15 is 0 Å². The Kier molecular flexibility index (Phi) is 6.56. The summed E-state index contributed by atoms with van der Waals surface area (Å²) in [4.78, 5) is 14.1. The number of carbonyl (C=O) groups excluding carboxylic acids is 1. The average Bonchev–Trinajstić information content (AvgIpc) is 2.52. The molecule has 0 saturated carbocycles. The molecule has 0 spiro atoms. The van der Waals surface area contributed by atoms with E-state index in [2.05, 4.69) is 4.72 Å². The second-order valence-corrected chi connectivity index (χ2v) is 7.34. The van der Waals surface area contributed by atoms with Crippen molar-refractivity contribution in [2.75, 3.05) is 7.05 Å². The fourth-order valence-electron chi connectivity index (χ4n) is 1.87. The number of nitrogens with zero attached hydrogens (tertiary/aromatic N) is 1. The van der Waals surface area contributed by atoms with Gasteiger partial charge in [0.15, 0.2) is 0 Å². The second kappa shape index (κ2) is 7.74. The molecule has 1 rings (SSSR count). The Bertz CT molecular complexity index is 596. The van der Waals surface area contributed by atoms with Crippen LogP contribution in [-0.2, 0) is 10.0 Å². The van der Waals surface area contributed by atoms with E-state index in [1.807, 2.05) is 27.7 Å². The lowest BCUT2D eigenvalue weighted by molar-refractivity contribution is 0.0740. The Labute approximate surface area is 133 Å². The van der Waals surface area contributed by atoms with E-state index in [-0.39, 0.29) is 22.9 Å². The van der Waals surface area contributed by atoms with Crippen LogP contribution in [0.5, 0.6) is 0 Å². The quantitative estimate of drug-likeness (QED) is 0.837. The van der Waals surface area contributed by atoms with Crippen LogP contribution in [0.15, 0.2) is 29.2 Å². The van der Waals surface area contributed by atoms with Crippen LogP contribution in [0.2, 0.25) is 0 Å². The van der Waals surface area contributed by atoms with E-state index in [4.69, 9.17) is 0 Å². The second-order valence-electron chi connectivity index (χ2n) is 5.63. The molecular formula is C16H26N2O3S. The third kappa shape index (κ3) is 4.55. The third-order valence-electron chi connectivity index (χ3n) is 3.95. The Morgan fingerprint density at radius 1 is 1.14 bits per heavy atom. The van der Waals surface area contributed by atoms with Crippen molar-refractivity contribution in [2.45, 2.75) is 57.5 Å². The summed E-state index contributed by atoms with van der Waals surface area (Å²) in [6.45, 7) is 7.73. The standard InChI is InChI=1S/C16H26N2O3S/c1-6-12(3)17-22(20,21)15-10-8-14(9-11-15)16(19)18(5)13(4)7-2/h8-13,17H,6-7H2,1-5H3. The molecule has 0 aliphatic heterocycles. The molecule has 0 aliphatic rings. The SMILES string of the molecule is CCC(C)NS(=O)(=O)c1ccc(C(=O)N(C)C(C)CC)cc1. The van der Waals surface area contributed by atoms with Crippen molar-refractivity contribution < 1.29 is 13.2 Å². The Morgan fingerprint density at radius 2 is 1.68 bits per heavy atom. The summed E-state index contributed by atoms with van der Waals surface area (Å²) in [5.74, 6) is -0.104. The maximum atomic E-state index is 12.3. The number of nitrogens with one attached hydrogen (secondary N) is 1. The minimum absolute atomic E-state index is 0.104. The molecule has 5 nitrogen and oxygen atoms in total. The molecule has 1 aromatic carbocycles. The first-order chi connectivity index (χ1) is 10.2. The summed E-state index contributed by atoms with van der Waals surface area (Å²) >= 11 is 0. The van der Waals surface area contributed by atoms with Crippen LogP contribution >= 0.6 is 0 Å². The highest BCUT2D eigenvalue weighted by Gasteiger charge is 2.19. The van der Waals surface area contributed by atoms with E-state index in [1.165, 1.54) is 12.1 Å². The van der Waals surface area contributed by atoms with Crippen LogP contribution in [0, 0.1) is 0 Å². The highest BCUT2D eigenvalue weighted by Crippen LogP contribution is 2.14. The number of rotatable bonds is 7. The normalized spacial score (nSPS) is 14.4. The first-order valence-corrected chi connectivity index (χ1v) is 9.10. The highest BCUT2D eigenvalue weighted by atomic mass is 32.2. The topological polar surface area (TPSA) is 66.5 Å². The van der Waals surface area contributed by atoms with Gasteiger partial charge in [0.05, 0.1) is 4.90 Å². The van der Waals surface area contributed by atoms with Crippen molar-refractivity contribution in [1.29, 1.82) is 0 Å². The van der Waals surface area contributed by atoms with Gasteiger partial charge in [-0.3, -0.25) is 4.79 Å². The zero-order valence-electron chi connectivity index (χ0n) is 14.0. The van der Waals surface area contributed by atoms with E-state index in [1.54, 1.807) is 24.1 Å². The molecule has 0 radical (unpaired) electrons. The van der Waals surface area contributed by atoms with Crippen LogP contribution < -0.4 is 4.72 Å². The number of hydrogen-bond acceptors (Lipinski definition) is 3. The molecule has 0 aromatic heterocycles. The molecule has 0 heterocycles. The molecule has 0 aliphatic carbocycles. The van der Waals surface area contributed by atoms with Crippen molar-refractivity contribution >= 4 is 15.9 Å². The van der Waals surface area contributed by atoms with Crippen molar-refractivity contribution in [3.8, 4) is 0 Å². The van der Waals surface area contributed by atoms with Crippen molar-refractivity contribution in [1.82, 2.24) is 9.62 Å². The van der Waals surface area contributed by atoms with Gasteiger partial charge >= 0.3 is 0 Å². The van der Waals surface area contributed by atoms with Gasteiger partial charge in [-0.15, -0.1) is 0 Å². The largest absolute Gasteiger partial charge is 0.339 e. The fraction of sp³-hybridized carbons (Fsp3) is 0.562. The third-order valence-corrected chi connectivity index (χ3v) is 5.56. The van der Waals surface area contributed by atoms with E-state index < -0.39 is 10.0 Å². The molecule has 6 heteroatoms. The lowest BCUT2D eigenvalue weighted by Gasteiger charge is -2.24. The smallest absolute Gasteiger partial charge is 0.253 e. The van der Waals surface area contributed by atoms with Gasteiger partial charge in [0.25, 0.3) is 5.91 Å². The molecule has 0 bridgehead atoms. The monoisotopic (exact) mass is 326 g/mol. The Balaban J connectivity index is 2.93. The van der Waals surface area contributed by atoms with Gasteiger partial charge in [-0.05, 0) is 51.0 Å². The molecule has 2 atom stereocenters. The molecule has 1 N–H and O–H groups in total.